The lowest BCUT2D eigenvalue weighted by molar-refractivity contribution is -0.759. The van der Waals surface area contributed by atoms with E-state index in [9.17, 15) is 24.7 Å². The molecule has 0 amide bonds. The minimum atomic E-state index is -4.35. The van der Waals surface area contributed by atoms with Crippen molar-refractivity contribution in [1.82, 2.24) is 19.5 Å². The highest BCUT2D eigenvalue weighted by molar-refractivity contribution is 7.47. The second-order valence-electron chi connectivity index (χ2n) is 7.55. The summed E-state index contributed by atoms with van der Waals surface area (Å²) < 4.78 is 29.5. The van der Waals surface area contributed by atoms with Crippen LogP contribution in [0.3, 0.4) is 0 Å². The van der Waals surface area contributed by atoms with E-state index >= 15 is 0 Å². The molecule has 16 heteroatoms. The van der Waals surface area contributed by atoms with Crippen molar-refractivity contribution in [2.45, 2.75) is 55.9 Å². The van der Waals surface area contributed by atoms with Gasteiger partial charge in [-0.3, -0.25) is 13.6 Å². The molecule has 0 radical (unpaired) electrons. The summed E-state index contributed by atoms with van der Waals surface area (Å²) in [6.45, 7) is -0.507. The van der Waals surface area contributed by atoms with Crippen LogP contribution in [0.15, 0.2) is 12.7 Å². The molecule has 3 fully saturated rings. The van der Waals surface area contributed by atoms with Crippen LogP contribution < -0.4 is 5.32 Å². The number of imidazole rings is 1. The Morgan fingerprint density at radius 2 is 2.13 bits per heavy atom. The van der Waals surface area contributed by atoms with Crippen LogP contribution in [0.4, 0.5) is 5.82 Å². The van der Waals surface area contributed by atoms with Crippen LogP contribution in [-0.4, -0.2) is 71.7 Å². The van der Waals surface area contributed by atoms with Gasteiger partial charge in [-0.25, -0.2) is 19.5 Å². The molecular formula is C15H19N6O9P. The molecule has 4 heterocycles. The first kappa shape index (κ1) is 20.5. The van der Waals surface area contributed by atoms with Gasteiger partial charge in [0.25, 0.3) is 5.09 Å². The number of fused-ring (bicyclic) bond motifs is 2. The molecule has 3 N–H and O–H groups in total. The summed E-state index contributed by atoms with van der Waals surface area (Å²) in [5.74, 6) is 0.474. The van der Waals surface area contributed by atoms with Crippen LogP contribution in [0.1, 0.15) is 25.5 Å². The molecule has 1 aliphatic carbocycles. The predicted octanol–water partition coefficient (Wildman–Crippen LogP) is 0.142. The van der Waals surface area contributed by atoms with Gasteiger partial charge < -0.3 is 24.9 Å². The van der Waals surface area contributed by atoms with Crippen LogP contribution in [0.2, 0.25) is 0 Å². The van der Waals surface area contributed by atoms with E-state index in [1.54, 1.807) is 0 Å². The quantitative estimate of drug-likeness (QED) is 0.301. The highest BCUT2D eigenvalue weighted by atomic mass is 31.2. The smallest absolute Gasteiger partial charge is 0.393 e. The second-order valence-corrected chi connectivity index (χ2v) is 8.91. The van der Waals surface area contributed by atoms with Gasteiger partial charge in [0, 0.05) is 6.04 Å². The second kappa shape index (κ2) is 7.62. The Bertz CT molecular complexity index is 1050. The number of aliphatic hydroxyl groups is 1. The number of nitrogens with zero attached hydrogens (tertiary/aromatic N) is 5. The topological polar surface area (TPSA) is 193 Å². The normalized spacial score (nSPS) is 37.2. The Hall–Kier alpha value is -2.42. The number of hydrogen-bond acceptors (Lipinski definition) is 12. The Kier molecular flexibility index (Phi) is 5.03. The van der Waals surface area contributed by atoms with Crippen LogP contribution in [0.5, 0.6) is 0 Å². The highest BCUT2D eigenvalue weighted by Crippen LogP contribution is 2.58. The van der Waals surface area contributed by atoms with Gasteiger partial charge in [0.1, 0.15) is 31.2 Å². The molecule has 2 aromatic heterocycles. The van der Waals surface area contributed by atoms with Gasteiger partial charge in [-0.15, -0.1) is 10.1 Å². The third kappa shape index (κ3) is 3.84. The maximum absolute atomic E-state index is 12.0. The zero-order valence-corrected chi connectivity index (χ0v) is 16.8. The molecule has 0 aromatic carbocycles. The average molecular weight is 458 g/mol. The van der Waals surface area contributed by atoms with E-state index in [-0.39, 0.29) is 12.1 Å². The van der Waals surface area contributed by atoms with Crippen molar-refractivity contribution in [3.63, 3.8) is 0 Å². The van der Waals surface area contributed by atoms with E-state index in [1.165, 1.54) is 17.2 Å². The number of aromatic nitrogens is 4. The number of hydrogen-bond donors (Lipinski definition) is 3. The van der Waals surface area contributed by atoms with Gasteiger partial charge in [0.2, 0.25) is 0 Å². The SMILES string of the molecule is O=[N+]([O-])OC[C@H]1O[C@@H](n2cnc3c(N[C@H]4CC[C@H](O)C4)ncnc32)[C@@H]2OP(=O)(O)O[C@@H]21. The number of phosphoric ester groups is 1. The van der Waals surface area contributed by atoms with E-state index in [0.29, 0.717) is 29.8 Å². The first-order valence-electron chi connectivity index (χ1n) is 9.55. The Morgan fingerprint density at radius 3 is 2.87 bits per heavy atom. The molecule has 2 saturated heterocycles. The first-order valence-corrected chi connectivity index (χ1v) is 11.0. The molecule has 15 nitrogen and oxygen atoms in total. The molecule has 2 aromatic rings. The third-order valence-electron chi connectivity index (χ3n) is 5.52. The number of rotatable bonds is 6. The standard InChI is InChI=1S/C15H19N6O9P/c22-8-2-1-7(3-8)19-13-10-14(17-5-16-13)20(6-18-10)15-12-11(29-31(25,26)30-12)9(28-15)4-27-21(23)24/h5-9,11-12,15,22H,1-4H2,(H,25,26)(H,16,17,19)/t7-,8-,9+,11+,12+,15+/m0/s1. The fourth-order valence-electron chi connectivity index (χ4n) is 4.20. The average Bonchev–Trinajstić information content (AvgIpc) is 3.44. The summed E-state index contributed by atoms with van der Waals surface area (Å²) in [5.41, 5.74) is 0.791. The van der Waals surface area contributed by atoms with E-state index < -0.39 is 44.1 Å². The summed E-state index contributed by atoms with van der Waals surface area (Å²) in [7, 11) is -4.35. The van der Waals surface area contributed by atoms with E-state index in [2.05, 4.69) is 25.1 Å². The van der Waals surface area contributed by atoms with Crippen molar-refractivity contribution in [3.8, 4) is 0 Å². The van der Waals surface area contributed by atoms with E-state index in [4.69, 9.17) is 13.8 Å². The number of anilines is 1. The summed E-state index contributed by atoms with van der Waals surface area (Å²) >= 11 is 0. The number of phosphoric acid groups is 1. The summed E-state index contributed by atoms with van der Waals surface area (Å²) in [6.07, 6.45) is 0.355. The van der Waals surface area contributed by atoms with Crippen molar-refractivity contribution >= 4 is 24.8 Å². The summed E-state index contributed by atoms with van der Waals surface area (Å²) in [4.78, 5) is 37.5. The van der Waals surface area contributed by atoms with Gasteiger partial charge in [-0.05, 0) is 19.3 Å². The Balaban J connectivity index is 1.44. The molecule has 1 saturated carbocycles. The summed E-state index contributed by atoms with van der Waals surface area (Å²) in [6, 6.07) is 0.0425. The van der Waals surface area contributed by atoms with Crippen LogP contribution in [0, 0.1) is 10.1 Å². The van der Waals surface area contributed by atoms with Gasteiger partial charge in [-0.2, -0.15) is 0 Å². The lowest BCUT2D eigenvalue weighted by Gasteiger charge is -2.19. The van der Waals surface area contributed by atoms with E-state index in [1.807, 2.05) is 0 Å². The van der Waals surface area contributed by atoms with Crippen molar-refractivity contribution in [2.75, 3.05) is 11.9 Å². The fourth-order valence-corrected chi connectivity index (χ4v) is 5.34. The molecule has 2 aliphatic heterocycles. The number of ether oxygens (including phenoxy) is 1. The number of nitrogens with one attached hydrogen (secondary N) is 1. The van der Waals surface area contributed by atoms with Crippen molar-refractivity contribution in [2.24, 2.45) is 0 Å². The van der Waals surface area contributed by atoms with Crippen LogP contribution in [0.25, 0.3) is 11.2 Å². The lowest BCUT2D eigenvalue weighted by atomic mass is 10.1. The van der Waals surface area contributed by atoms with Crippen molar-refractivity contribution < 1.29 is 38.3 Å². The van der Waals surface area contributed by atoms with Gasteiger partial charge in [0.15, 0.2) is 23.2 Å². The van der Waals surface area contributed by atoms with Crippen molar-refractivity contribution in [1.29, 1.82) is 0 Å². The van der Waals surface area contributed by atoms with Gasteiger partial charge >= 0.3 is 7.82 Å². The summed E-state index contributed by atoms with van der Waals surface area (Å²) in [5, 5.41) is 22.6. The molecule has 31 heavy (non-hydrogen) atoms. The highest BCUT2D eigenvalue weighted by Gasteiger charge is 2.58. The fraction of sp³-hybridized carbons (Fsp3) is 0.667. The minimum absolute atomic E-state index is 0.0425. The van der Waals surface area contributed by atoms with Crippen LogP contribution >= 0.6 is 7.82 Å². The zero-order valence-electron chi connectivity index (χ0n) is 15.9. The monoisotopic (exact) mass is 458 g/mol. The first-order chi connectivity index (χ1) is 14.8. The maximum atomic E-state index is 12.0. The molecule has 5 rings (SSSR count). The minimum Gasteiger partial charge on any atom is -0.393 e. The predicted molar refractivity (Wildman–Crippen MR) is 99.0 cm³/mol. The molecule has 1 unspecified atom stereocenters. The maximum Gasteiger partial charge on any atom is 0.473 e. The number of aliphatic hydroxyl groups excluding tert-OH is 1. The third-order valence-corrected chi connectivity index (χ3v) is 6.54. The molecule has 3 aliphatic rings. The van der Waals surface area contributed by atoms with E-state index in [0.717, 1.165) is 6.42 Å². The van der Waals surface area contributed by atoms with Crippen molar-refractivity contribution in [3.05, 3.63) is 22.8 Å². The zero-order chi connectivity index (χ0) is 21.8. The lowest BCUT2D eigenvalue weighted by Crippen LogP contribution is -2.32. The largest absolute Gasteiger partial charge is 0.473 e. The molecule has 0 spiro atoms. The van der Waals surface area contributed by atoms with Crippen LogP contribution in [-0.2, 0) is 23.2 Å². The van der Waals surface area contributed by atoms with Gasteiger partial charge in [-0.1, -0.05) is 0 Å². The van der Waals surface area contributed by atoms with Gasteiger partial charge in [0.05, 0.1) is 12.4 Å². The molecule has 7 atom stereocenters. The Labute approximate surface area is 174 Å². The Morgan fingerprint density at radius 1 is 1.32 bits per heavy atom. The molecule has 168 valence electrons. The molecule has 0 bridgehead atoms. The molecular weight excluding hydrogens is 439 g/mol.